The number of benzene rings is 1. The lowest BCUT2D eigenvalue weighted by molar-refractivity contribution is -0.906. The largest absolute Gasteiger partial charge is 1.00 e. The Kier molecular flexibility index (Phi) is 9.28. The lowest BCUT2D eigenvalue weighted by Gasteiger charge is -2.38. The van der Waals surface area contributed by atoms with Gasteiger partial charge in [0.05, 0.1) is 25.7 Å². The number of aliphatic hydroxyl groups is 1. The molecule has 0 heterocycles. The van der Waals surface area contributed by atoms with E-state index in [4.69, 9.17) is 4.74 Å². The fourth-order valence-corrected chi connectivity index (χ4v) is 3.75. The van der Waals surface area contributed by atoms with Crippen molar-refractivity contribution < 1.29 is 36.1 Å². The van der Waals surface area contributed by atoms with E-state index >= 15 is 0 Å². The van der Waals surface area contributed by atoms with Crippen LogP contribution in [-0.2, 0) is 9.53 Å². The monoisotopic (exact) mass is 427 g/mol. The highest BCUT2D eigenvalue weighted by Crippen LogP contribution is 2.40. The quantitative estimate of drug-likeness (QED) is 0.485. The Labute approximate surface area is 168 Å². The van der Waals surface area contributed by atoms with Crippen molar-refractivity contribution in [2.24, 2.45) is 0 Å². The molecule has 0 radical (unpaired) electrons. The molecule has 1 aromatic rings. The van der Waals surface area contributed by atoms with E-state index in [1.54, 1.807) is 0 Å². The first-order chi connectivity index (χ1) is 11.9. The molecule has 0 amide bonds. The second-order valence-corrected chi connectivity index (χ2v) is 7.65. The van der Waals surface area contributed by atoms with E-state index < -0.39 is 11.5 Å². The standard InChI is InChI=1S/C21H34NO3.BrH/c1-4-22(3,5-2)16-17-25-20(23)19(18-12-8-6-9-13-18)21(24)14-10-7-11-15-21;/h6,8-9,12-13,19,24H,4-5,7,10-11,14-17H2,1-3H3;1H/q+1;/p-1. The molecule has 4 nitrogen and oxygen atoms in total. The maximum Gasteiger partial charge on any atom is 0.316 e. The summed E-state index contributed by atoms with van der Waals surface area (Å²) in [7, 11) is 2.18. The van der Waals surface area contributed by atoms with Crippen LogP contribution in [0, 0.1) is 0 Å². The van der Waals surface area contributed by atoms with Crippen molar-refractivity contribution in [2.75, 3.05) is 33.3 Å². The van der Waals surface area contributed by atoms with Gasteiger partial charge >= 0.3 is 5.97 Å². The van der Waals surface area contributed by atoms with E-state index in [1.807, 2.05) is 30.3 Å². The lowest BCUT2D eigenvalue weighted by atomic mass is 9.73. The number of hydrogen-bond donors (Lipinski definition) is 1. The normalized spacial score (nSPS) is 17.8. The molecule has 0 spiro atoms. The summed E-state index contributed by atoms with van der Waals surface area (Å²) in [6.45, 7) is 7.54. The summed E-state index contributed by atoms with van der Waals surface area (Å²) in [6, 6.07) is 9.63. The van der Waals surface area contributed by atoms with Crippen molar-refractivity contribution in [1.29, 1.82) is 0 Å². The first-order valence-electron chi connectivity index (χ1n) is 9.71. The molecule has 1 N–H and O–H groups in total. The average molecular weight is 428 g/mol. The van der Waals surface area contributed by atoms with E-state index in [0.717, 1.165) is 48.9 Å². The number of likely N-dealkylation sites (N-methyl/N-ethyl adjacent to an activating group) is 1. The Morgan fingerprint density at radius 3 is 2.27 bits per heavy atom. The zero-order valence-corrected chi connectivity index (χ0v) is 18.0. The topological polar surface area (TPSA) is 46.5 Å². The molecule has 0 aliphatic heterocycles. The first-order valence-corrected chi connectivity index (χ1v) is 9.71. The average Bonchev–Trinajstić information content (AvgIpc) is 2.63. The summed E-state index contributed by atoms with van der Waals surface area (Å²) in [6.07, 6.45) is 4.39. The fourth-order valence-electron chi connectivity index (χ4n) is 3.75. The van der Waals surface area contributed by atoms with Crippen LogP contribution in [0.4, 0.5) is 0 Å². The van der Waals surface area contributed by atoms with Crippen molar-refractivity contribution in [3.05, 3.63) is 35.9 Å². The van der Waals surface area contributed by atoms with Crippen LogP contribution in [0.1, 0.15) is 57.4 Å². The van der Waals surface area contributed by atoms with Crippen LogP contribution < -0.4 is 17.0 Å². The fraction of sp³-hybridized carbons (Fsp3) is 0.667. The Hall–Kier alpha value is -0.910. The van der Waals surface area contributed by atoms with Crippen LogP contribution in [0.5, 0.6) is 0 Å². The Bertz CT molecular complexity index is 539. The number of carbonyl (C=O) groups excluding carboxylic acids is 1. The van der Waals surface area contributed by atoms with Gasteiger partial charge < -0.3 is 31.3 Å². The van der Waals surface area contributed by atoms with Gasteiger partial charge in [-0.05, 0) is 32.3 Å². The zero-order valence-electron chi connectivity index (χ0n) is 16.4. The highest BCUT2D eigenvalue weighted by atomic mass is 79.9. The third kappa shape index (κ3) is 5.80. The van der Waals surface area contributed by atoms with Crippen LogP contribution in [-0.4, -0.2) is 54.4 Å². The third-order valence-corrected chi connectivity index (χ3v) is 6.03. The number of carbonyl (C=O) groups is 1. The summed E-state index contributed by atoms with van der Waals surface area (Å²) in [5, 5.41) is 11.2. The molecule has 0 aromatic heterocycles. The molecule has 5 heteroatoms. The van der Waals surface area contributed by atoms with Crippen molar-refractivity contribution in [3.8, 4) is 0 Å². The highest BCUT2D eigenvalue weighted by Gasteiger charge is 2.44. The van der Waals surface area contributed by atoms with Crippen LogP contribution in [0.2, 0.25) is 0 Å². The van der Waals surface area contributed by atoms with Crippen molar-refractivity contribution in [2.45, 2.75) is 57.5 Å². The van der Waals surface area contributed by atoms with Gasteiger partial charge in [0.15, 0.2) is 0 Å². The van der Waals surface area contributed by atoms with E-state index in [0.29, 0.717) is 19.4 Å². The Morgan fingerprint density at radius 1 is 1.15 bits per heavy atom. The summed E-state index contributed by atoms with van der Waals surface area (Å²) in [5.74, 6) is -0.870. The number of nitrogens with zero attached hydrogens (tertiary/aromatic N) is 1. The van der Waals surface area contributed by atoms with Gasteiger partial charge in [-0.2, -0.15) is 0 Å². The highest BCUT2D eigenvalue weighted by molar-refractivity contribution is 5.80. The van der Waals surface area contributed by atoms with Crippen LogP contribution in [0.15, 0.2) is 30.3 Å². The van der Waals surface area contributed by atoms with Crippen molar-refractivity contribution in [1.82, 2.24) is 0 Å². The number of esters is 1. The molecule has 0 saturated heterocycles. The molecule has 1 fully saturated rings. The van der Waals surface area contributed by atoms with Crippen LogP contribution >= 0.6 is 0 Å². The molecule has 1 aliphatic rings. The molecule has 1 aliphatic carbocycles. The van der Waals surface area contributed by atoms with Gasteiger partial charge in [0.2, 0.25) is 0 Å². The van der Waals surface area contributed by atoms with Gasteiger partial charge in [-0.15, -0.1) is 0 Å². The van der Waals surface area contributed by atoms with E-state index in [2.05, 4.69) is 20.9 Å². The minimum atomic E-state index is -0.982. The first kappa shape index (κ1) is 23.1. The molecule has 1 unspecified atom stereocenters. The maximum atomic E-state index is 12.9. The van der Waals surface area contributed by atoms with Crippen LogP contribution in [0.3, 0.4) is 0 Å². The molecule has 1 aromatic carbocycles. The number of hydrogen-bond acceptors (Lipinski definition) is 3. The number of halogens is 1. The number of rotatable bonds is 8. The Morgan fingerprint density at radius 2 is 1.73 bits per heavy atom. The summed E-state index contributed by atoms with van der Waals surface area (Å²) in [5.41, 5.74) is -0.121. The molecule has 2 rings (SSSR count). The van der Waals surface area contributed by atoms with E-state index in [-0.39, 0.29) is 23.0 Å². The van der Waals surface area contributed by atoms with E-state index in [1.165, 1.54) is 0 Å². The van der Waals surface area contributed by atoms with E-state index in [9.17, 15) is 9.90 Å². The van der Waals surface area contributed by atoms with Gasteiger partial charge in [0.1, 0.15) is 19.1 Å². The SMILES string of the molecule is CC[N+](C)(CC)CCOC(=O)C(c1ccccc1)C1(O)CCCCC1.[Br-]. The summed E-state index contributed by atoms with van der Waals surface area (Å²) < 4.78 is 6.54. The lowest BCUT2D eigenvalue weighted by Crippen LogP contribution is -3.00. The van der Waals surface area contributed by atoms with Gasteiger partial charge in [0.25, 0.3) is 0 Å². The van der Waals surface area contributed by atoms with Crippen molar-refractivity contribution >= 4 is 5.97 Å². The summed E-state index contributed by atoms with van der Waals surface area (Å²) >= 11 is 0. The predicted octanol–water partition coefficient (Wildman–Crippen LogP) is 0.499. The minimum absolute atomic E-state index is 0. The third-order valence-electron chi connectivity index (χ3n) is 6.03. The number of ether oxygens (including phenoxy) is 1. The van der Waals surface area contributed by atoms with Gasteiger partial charge in [-0.1, -0.05) is 49.6 Å². The van der Waals surface area contributed by atoms with Gasteiger partial charge in [0, 0.05) is 0 Å². The second kappa shape index (κ2) is 10.4. The van der Waals surface area contributed by atoms with Gasteiger partial charge in [-0.25, -0.2) is 0 Å². The second-order valence-electron chi connectivity index (χ2n) is 7.65. The van der Waals surface area contributed by atoms with Gasteiger partial charge in [-0.3, -0.25) is 4.79 Å². The molecular formula is C21H34BrNO3. The number of quaternary nitrogens is 1. The molecule has 148 valence electrons. The maximum absolute atomic E-state index is 12.9. The molecule has 26 heavy (non-hydrogen) atoms. The molecule has 1 atom stereocenters. The Balaban J connectivity index is 0.00000338. The summed E-state index contributed by atoms with van der Waals surface area (Å²) in [4.78, 5) is 12.9. The van der Waals surface area contributed by atoms with Crippen LogP contribution in [0.25, 0.3) is 0 Å². The zero-order chi connectivity index (χ0) is 18.3. The molecule has 0 bridgehead atoms. The molecular weight excluding hydrogens is 394 g/mol. The molecule has 1 saturated carbocycles. The van der Waals surface area contributed by atoms with Crippen molar-refractivity contribution in [3.63, 3.8) is 0 Å². The minimum Gasteiger partial charge on any atom is -1.00 e. The predicted molar refractivity (Wildman–Crippen MR) is 100 cm³/mol. The smallest absolute Gasteiger partial charge is 0.316 e.